The van der Waals surface area contributed by atoms with Crippen LogP contribution in [0.5, 0.6) is 5.75 Å². The van der Waals surface area contributed by atoms with Gasteiger partial charge < -0.3 is 20.1 Å². The van der Waals surface area contributed by atoms with Crippen LogP contribution in [0.1, 0.15) is 43.2 Å². The summed E-state index contributed by atoms with van der Waals surface area (Å²) >= 11 is 12.2. The fraction of sp³-hybridized carbons (Fsp3) is 0.536. The number of likely N-dealkylation sites (tertiary alicyclic amines) is 1. The zero-order valence-electron chi connectivity index (χ0n) is 20.2. The highest BCUT2D eigenvalue weighted by atomic mass is 35.5. The number of fused-ring (bicyclic) bond motifs is 1. The second-order valence-corrected chi connectivity index (χ2v) is 11.5. The zero-order valence-corrected chi connectivity index (χ0v) is 21.7. The summed E-state index contributed by atoms with van der Waals surface area (Å²) < 4.78 is 6.09. The highest BCUT2D eigenvalue weighted by molar-refractivity contribution is 6.42. The number of nitrogens with one attached hydrogen (secondary N) is 1. The zero-order chi connectivity index (χ0) is 24.6. The Bertz CT molecular complexity index is 1080. The summed E-state index contributed by atoms with van der Waals surface area (Å²) in [7, 11) is 1.79. The van der Waals surface area contributed by atoms with Crippen molar-refractivity contribution in [1.82, 2.24) is 10.2 Å². The van der Waals surface area contributed by atoms with Gasteiger partial charge in [-0.05, 0) is 80.0 Å². The minimum Gasteiger partial charge on any atom is -0.508 e. The number of amides is 1. The molecular formula is C28H34Cl2N2O3. The first-order chi connectivity index (χ1) is 16.9. The summed E-state index contributed by atoms with van der Waals surface area (Å²) in [5.41, 5.74) is 1.84. The summed E-state index contributed by atoms with van der Waals surface area (Å²) in [6.45, 7) is 3.20. The van der Waals surface area contributed by atoms with Crippen molar-refractivity contribution in [3.05, 3.63) is 63.6 Å². The van der Waals surface area contributed by atoms with E-state index in [1.165, 1.54) is 19.4 Å². The van der Waals surface area contributed by atoms with E-state index in [0.29, 0.717) is 16.0 Å². The Morgan fingerprint density at radius 1 is 1.20 bits per heavy atom. The monoisotopic (exact) mass is 516 g/mol. The number of aromatic hydroxyl groups is 1. The van der Waals surface area contributed by atoms with Gasteiger partial charge in [0.1, 0.15) is 5.75 Å². The molecule has 0 radical (unpaired) electrons. The van der Waals surface area contributed by atoms with E-state index < -0.39 is 0 Å². The van der Waals surface area contributed by atoms with Gasteiger partial charge in [-0.2, -0.15) is 0 Å². The third kappa shape index (κ3) is 5.48. The number of carbonyl (C=O) groups excluding carboxylic acids is 1. The first kappa shape index (κ1) is 24.9. The Morgan fingerprint density at radius 3 is 2.74 bits per heavy atom. The van der Waals surface area contributed by atoms with Crippen molar-refractivity contribution >= 4 is 29.1 Å². The second kappa shape index (κ2) is 10.3. The first-order valence-corrected chi connectivity index (χ1v) is 13.4. The van der Waals surface area contributed by atoms with Crippen molar-refractivity contribution in [2.24, 2.45) is 11.8 Å². The number of phenols is 1. The molecule has 3 aliphatic rings. The van der Waals surface area contributed by atoms with Crippen molar-refractivity contribution in [3.8, 4) is 5.75 Å². The molecule has 3 unspecified atom stereocenters. The molecule has 4 atom stereocenters. The van der Waals surface area contributed by atoms with Crippen molar-refractivity contribution in [2.45, 2.75) is 56.1 Å². The van der Waals surface area contributed by atoms with Crippen LogP contribution in [0.2, 0.25) is 10.0 Å². The number of methoxy groups -OCH3 is 1. The summed E-state index contributed by atoms with van der Waals surface area (Å²) in [4.78, 5) is 15.6. The van der Waals surface area contributed by atoms with Gasteiger partial charge in [0.25, 0.3) is 0 Å². The number of halogens is 2. The van der Waals surface area contributed by atoms with Gasteiger partial charge in [0.05, 0.1) is 22.6 Å². The predicted octanol–water partition coefficient (Wildman–Crippen LogP) is 5.21. The van der Waals surface area contributed by atoms with Gasteiger partial charge in [0.2, 0.25) is 5.91 Å². The van der Waals surface area contributed by atoms with Crippen LogP contribution in [-0.2, 0) is 21.4 Å². The quantitative estimate of drug-likeness (QED) is 0.530. The van der Waals surface area contributed by atoms with Crippen LogP contribution in [0.3, 0.4) is 0 Å². The van der Waals surface area contributed by atoms with Crippen molar-refractivity contribution in [2.75, 3.05) is 26.7 Å². The third-order valence-corrected chi connectivity index (χ3v) is 9.01. The van der Waals surface area contributed by atoms with E-state index in [4.69, 9.17) is 27.9 Å². The fourth-order valence-corrected chi connectivity index (χ4v) is 6.71. The number of ether oxygens (including phenoxy) is 1. The minimum atomic E-state index is -0.154. The van der Waals surface area contributed by atoms with Gasteiger partial charge >= 0.3 is 0 Å². The molecule has 1 saturated heterocycles. The number of nitrogens with zero attached hydrogens (tertiary/aromatic N) is 1. The van der Waals surface area contributed by atoms with Crippen LogP contribution < -0.4 is 5.32 Å². The molecule has 3 fully saturated rings. The highest BCUT2D eigenvalue weighted by Gasteiger charge is 2.53. The molecule has 2 aliphatic carbocycles. The molecule has 0 spiro atoms. The second-order valence-electron chi connectivity index (χ2n) is 10.7. The van der Waals surface area contributed by atoms with Crippen LogP contribution in [0, 0.1) is 11.8 Å². The standard InChI is InChI=1S/C28H34Cl2N2O3/c1-35-26-14-21(31-27(34)12-19-7-8-24(29)25(30)11-19)15-28(20-3-2-4-22(33)13-20)9-10-32(17-23(26)28)16-18-5-6-18/h2-4,7-8,11,13,18,21,23,26,33H,5-6,9-10,12,14-17H2,1H3,(H,31,34)/t21-,23?,26?,28?/m1/s1. The van der Waals surface area contributed by atoms with E-state index in [2.05, 4.69) is 16.3 Å². The van der Waals surface area contributed by atoms with Gasteiger partial charge in [-0.15, -0.1) is 0 Å². The van der Waals surface area contributed by atoms with Crippen molar-refractivity contribution < 1.29 is 14.6 Å². The Hall–Kier alpha value is -1.79. The van der Waals surface area contributed by atoms with Crippen LogP contribution in [0.25, 0.3) is 0 Å². The summed E-state index contributed by atoms with van der Waals surface area (Å²) in [5.74, 6) is 1.42. The number of rotatable bonds is 7. The first-order valence-electron chi connectivity index (χ1n) is 12.6. The van der Waals surface area contributed by atoms with Crippen LogP contribution in [-0.4, -0.2) is 54.8 Å². The molecular weight excluding hydrogens is 483 g/mol. The van der Waals surface area contributed by atoms with Crippen LogP contribution in [0.4, 0.5) is 0 Å². The maximum atomic E-state index is 13.0. The fourth-order valence-electron chi connectivity index (χ4n) is 6.39. The number of phenolic OH excluding ortho intramolecular Hbond substituents is 1. The number of piperidine rings is 1. The topological polar surface area (TPSA) is 61.8 Å². The largest absolute Gasteiger partial charge is 0.508 e. The summed E-state index contributed by atoms with van der Waals surface area (Å²) in [6, 6.07) is 13.0. The van der Waals surface area contributed by atoms with E-state index in [-0.39, 0.29) is 35.6 Å². The summed E-state index contributed by atoms with van der Waals surface area (Å²) in [6.07, 6.45) is 5.59. The molecule has 1 amide bonds. The summed E-state index contributed by atoms with van der Waals surface area (Å²) in [5, 5.41) is 14.5. The van der Waals surface area contributed by atoms with Gasteiger partial charge in [0.15, 0.2) is 0 Å². The molecule has 2 aromatic carbocycles. The van der Waals surface area contributed by atoms with E-state index in [1.807, 2.05) is 18.2 Å². The van der Waals surface area contributed by atoms with E-state index in [0.717, 1.165) is 49.4 Å². The average Bonchev–Trinajstić information content (AvgIpc) is 3.65. The van der Waals surface area contributed by atoms with Gasteiger partial charge in [-0.25, -0.2) is 0 Å². The molecule has 0 aromatic heterocycles. The van der Waals surface area contributed by atoms with Crippen LogP contribution >= 0.6 is 23.2 Å². The number of benzene rings is 2. The Balaban J connectivity index is 1.37. The lowest BCUT2D eigenvalue weighted by atomic mass is 9.57. The Morgan fingerprint density at radius 2 is 2.03 bits per heavy atom. The van der Waals surface area contributed by atoms with E-state index in [1.54, 1.807) is 25.3 Å². The SMILES string of the molecule is COC1C[C@@H](NC(=O)Cc2ccc(Cl)c(Cl)c2)CC2(c3cccc(O)c3)CCN(CC3CC3)CC12. The number of hydrogen-bond donors (Lipinski definition) is 2. The van der Waals surface area contributed by atoms with Crippen LogP contribution in [0.15, 0.2) is 42.5 Å². The smallest absolute Gasteiger partial charge is 0.224 e. The average molecular weight is 517 g/mol. The molecule has 35 heavy (non-hydrogen) atoms. The van der Waals surface area contributed by atoms with Gasteiger partial charge in [-0.3, -0.25) is 4.79 Å². The molecule has 188 valence electrons. The molecule has 7 heteroatoms. The minimum absolute atomic E-state index is 0.0104. The molecule has 2 aromatic rings. The lowest BCUT2D eigenvalue weighted by molar-refractivity contribution is -0.123. The maximum Gasteiger partial charge on any atom is 0.224 e. The molecule has 5 rings (SSSR count). The molecule has 5 nitrogen and oxygen atoms in total. The maximum absolute atomic E-state index is 13.0. The number of hydrogen-bond acceptors (Lipinski definition) is 4. The normalized spacial score (nSPS) is 28.9. The number of carbonyl (C=O) groups is 1. The Kier molecular flexibility index (Phi) is 7.32. The lowest BCUT2D eigenvalue weighted by Crippen LogP contribution is -2.61. The van der Waals surface area contributed by atoms with Crippen molar-refractivity contribution in [3.63, 3.8) is 0 Å². The third-order valence-electron chi connectivity index (χ3n) is 8.27. The lowest BCUT2D eigenvalue weighted by Gasteiger charge is -2.55. The highest BCUT2D eigenvalue weighted by Crippen LogP contribution is 2.51. The predicted molar refractivity (Wildman–Crippen MR) is 139 cm³/mol. The van der Waals surface area contributed by atoms with E-state index >= 15 is 0 Å². The molecule has 2 N–H and O–H groups in total. The Labute approximate surface area is 217 Å². The van der Waals surface area contributed by atoms with E-state index in [9.17, 15) is 9.90 Å². The molecule has 1 aliphatic heterocycles. The van der Waals surface area contributed by atoms with Gasteiger partial charge in [0, 0.05) is 37.6 Å². The molecule has 0 bridgehead atoms. The molecule has 1 heterocycles. The van der Waals surface area contributed by atoms with Gasteiger partial charge in [-0.1, -0.05) is 41.4 Å². The molecule has 2 saturated carbocycles. The van der Waals surface area contributed by atoms with Crippen molar-refractivity contribution in [1.29, 1.82) is 0 Å².